The maximum atomic E-state index is 12.3. The number of ether oxygens (including phenoxy) is 1. The Morgan fingerprint density at radius 1 is 1.25 bits per heavy atom. The summed E-state index contributed by atoms with van der Waals surface area (Å²) in [5, 5.41) is 4.86. The van der Waals surface area contributed by atoms with Crippen LogP contribution in [0.3, 0.4) is 0 Å². The predicted octanol–water partition coefficient (Wildman–Crippen LogP) is 4.89. The van der Waals surface area contributed by atoms with E-state index < -0.39 is 0 Å². The SMILES string of the molecule is Cc1ccc(NC(=O)c2ccc(OCc3cscn3)cc2)cc1I. The smallest absolute Gasteiger partial charge is 0.255 e. The van der Waals surface area contributed by atoms with Gasteiger partial charge in [0.1, 0.15) is 12.4 Å². The maximum absolute atomic E-state index is 12.3. The highest BCUT2D eigenvalue weighted by atomic mass is 127. The molecule has 0 aliphatic heterocycles. The van der Waals surface area contributed by atoms with Gasteiger partial charge in [0, 0.05) is 20.2 Å². The summed E-state index contributed by atoms with van der Waals surface area (Å²) in [7, 11) is 0. The molecule has 6 heteroatoms. The molecule has 2 aromatic carbocycles. The molecule has 0 saturated heterocycles. The molecule has 0 saturated carbocycles. The highest BCUT2D eigenvalue weighted by Crippen LogP contribution is 2.19. The second kappa shape index (κ2) is 7.76. The third-order valence-electron chi connectivity index (χ3n) is 3.42. The Bertz CT molecular complexity index is 833. The molecule has 0 spiro atoms. The molecule has 1 N–H and O–H groups in total. The predicted molar refractivity (Wildman–Crippen MR) is 105 cm³/mol. The van der Waals surface area contributed by atoms with Gasteiger partial charge in [-0.2, -0.15) is 0 Å². The lowest BCUT2D eigenvalue weighted by atomic mass is 10.2. The molecule has 0 radical (unpaired) electrons. The van der Waals surface area contributed by atoms with Crippen LogP contribution in [-0.2, 0) is 6.61 Å². The summed E-state index contributed by atoms with van der Waals surface area (Å²) in [5.41, 5.74) is 5.25. The summed E-state index contributed by atoms with van der Waals surface area (Å²) in [6.07, 6.45) is 0. The number of carbonyl (C=O) groups excluding carboxylic acids is 1. The van der Waals surface area contributed by atoms with Crippen LogP contribution >= 0.6 is 33.9 Å². The minimum Gasteiger partial charge on any atom is -0.487 e. The van der Waals surface area contributed by atoms with Crippen molar-refractivity contribution >= 4 is 45.5 Å². The molecule has 0 aliphatic rings. The molecule has 0 atom stereocenters. The van der Waals surface area contributed by atoms with E-state index >= 15 is 0 Å². The van der Waals surface area contributed by atoms with E-state index in [1.54, 1.807) is 29.8 Å². The molecule has 4 nitrogen and oxygen atoms in total. The van der Waals surface area contributed by atoms with Crippen molar-refractivity contribution < 1.29 is 9.53 Å². The first kappa shape index (κ1) is 16.9. The van der Waals surface area contributed by atoms with Gasteiger partial charge in [-0.3, -0.25) is 4.79 Å². The topological polar surface area (TPSA) is 51.2 Å². The molecular weight excluding hydrogens is 435 g/mol. The van der Waals surface area contributed by atoms with Gasteiger partial charge in [0.15, 0.2) is 0 Å². The van der Waals surface area contributed by atoms with Crippen LogP contribution in [-0.4, -0.2) is 10.9 Å². The Morgan fingerprint density at radius 2 is 2.04 bits per heavy atom. The van der Waals surface area contributed by atoms with Gasteiger partial charge in [-0.15, -0.1) is 11.3 Å². The lowest BCUT2D eigenvalue weighted by Crippen LogP contribution is -2.12. The zero-order valence-electron chi connectivity index (χ0n) is 13.0. The monoisotopic (exact) mass is 450 g/mol. The second-order valence-electron chi connectivity index (χ2n) is 5.21. The quantitative estimate of drug-likeness (QED) is 0.564. The summed E-state index contributed by atoms with van der Waals surface area (Å²) >= 11 is 3.80. The fourth-order valence-corrected chi connectivity index (χ4v) is 3.10. The number of hydrogen-bond acceptors (Lipinski definition) is 4. The van der Waals surface area contributed by atoms with Gasteiger partial charge in [0.05, 0.1) is 11.2 Å². The van der Waals surface area contributed by atoms with Crippen molar-refractivity contribution in [2.24, 2.45) is 0 Å². The van der Waals surface area contributed by atoms with Crippen molar-refractivity contribution in [2.75, 3.05) is 5.32 Å². The zero-order valence-corrected chi connectivity index (χ0v) is 15.9. The number of anilines is 1. The summed E-state index contributed by atoms with van der Waals surface area (Å²) in [6.45, 7) is 2.47. The standard InChI is InChI=1S/C18H15IN2O2S/c1-12-2-5-14(8-17(12)19)21-18(22)13-3-6-16(7-4-13)23-9-15-10-24-11-20-15/h2-8,10-11H,9H2,1H3,(H,21,22). The first-order chi connectivity index (χ1) is 11.6. The van der Waals surface area contributed by atoms with Crippen molar-refractivity contribution in [2.45, 2.75) is 13.5 Å². The number of aromatic nitrogens is 1. The Kier molecular flexibility index (Phi) is 5.47. The van der Waals surface area contributed by atoms with Crippen LogP contribution in [0.1, 0.15) is 21.6 Å². The fourth-order valence-electron chi connectivity index (χ4n) is 2.04. The number of aryl methyl sites for hydroxylation is 1. The minimum absolute atomic E-state index is 0.138. The molecule has 0 fully saturated rings. The molecule has 1 amide bonds. The van der Waals surface area contributed by atoms with Gasteiger partial charge in [0.25, 0.3) is 5.91 Å². The van der Waals surface area contributed by atoms with Gasteiger partial charge < -0.3 is 10.1 Å². The van der Waals surface area contributed by atoms with Crippen LogP contribution < -0.4 is 10.1 Å². The average molecular weight is 450 g/mol. The molecule has 122 valence electrons. The molecular formula is C18H15IN2O2S. The summed E-state index contributed by atoms with van der Waals surface area (Å²) in [6, 6.07) is 12.9. The largest absolute Gasteiger partial charge is 0.487 e. The molecule has 0 bridgehead atoms. The first-order valence-electron chi connectivity index (χ1n) is 7.29. The number of hydrogen-bond donors (Lipinski definition) is 1. The van der Waals surface area contributed by atoms with Crippen molar-refractivity contribution in [3.63, 3.8) is 0 Å². The van der Waals surface area contributed by atoms with E-state index in [9.17, 15) is 4.79 Å². The highest BCUT2D eigenvalue weighted by molar-refractivity contribution is 14.1. The third-order valence-corrected chi connectivity index (χ3v) is 5.21. The number of nitrogens with one attached hydrogen (secondary N) is 1. The number of rotatable bonds is 5. The summed E-state index contributed by atoms with van der Waals surface area (Å²) in [4.78, 5) is 16.5. The lowest BCUT2D eigenvalue weighted by Gasteiger charge is -2.08. The van der Waals surface area contributed by atoms with Crippen molar-refractivity contribution in [3.8, 4) is 5.75 Å². The van der Waals surface area contributed by atoms with Gasteiger partial charge in [-0.05, 0) is 71.5 Å². The van der Waals surface area contributed by atoms with Crippen LogP contribution in [0.15, 0.2) is 53.4 Å². The Labute approximate surface area is 158 Å². The van der Waals surface area contributed by atoms with Crippen molar-refractivity contribution in [1.82, 2.24) is 4.98 Å². The van der Waals surface area contributed by atoms with E-state index in [0.717, 1.165) is 15.0 Å². The Morgan fingerprint density at radius 3 is 2.71 bits per heavy atom. The van der Waals surface area contributed by atoms with E-state index in [4.69, 9.17) is 4.74 Å². The highest BCUT2D eigenvalue weighted by Gasteiger charge is 2.07. The molecule has 0 aliphatic carbocycles. The van der Waals surface area contributed by atoms with Crippen LogP contribution in [0.5, 0.6) is 5.75 Å². The maximum Gasteiger partial charge on any atom is 0.255 e. The fraction of sp³-hybridized carbons (Fsp3) is 0.111. The normalized spacial score (nSPS) is 10.4. The molecule has 1 heterocycles. The number of carbonyl (C=O) groups is 1. The lowest BCUT2D eigenvalue weighted by molar-refractivity contribution is 0.102. The number of benzene rings is 2. The zero-order chi connectivity index (χ0) is 16.9. The Hall–Kier alpha value is -1.93. The number of nitrogens with zero attached hydrogens (tertiary/aromatic N) is 1. The molecule has 24 heavy (non-hydrogen) atoms. The van der Waals surface area contributed by atoms with E-state index in [1.807, 2.05) is 30.5 Å². The van der Waals surface area contributed by atoms with E-state index in [0.29, 0.717) is 17.9 Å². The molecule has 3 aromatic rings. The molecule has 3 rings (SSSR count). The molecule has 0 unspecified atom stereocenters. The molecule has 1 aromatic heterocycles. The van der Waals surface area contributed by atoms with Crippen molar-refractivity contribution in [3.05, 3.63) is 73.7 Å². The summed E-state index contributed by atoms with van der Waals surface area (Å²) in [5.74, 6) is 0.574. The first-order valence-corrected chi connectivity index (χ1v) is 9.31. The van der Waals surface area contributed by atoms with Gasteiger partial charge in [-0.1, -0.05) is 6.07 Å². The van der Waals surface area contributed by atoms with Gasteiger partial charge in [-0.25, -0.2) is 4.98 Å². The van der Waals surface area contributed by atoms with E-state index in [-0.39, 0.29) is 5.91 Å². The van der Waals surface area contributed by atoms with Gasteiger partial charge in [0.2, 0.25) is 0 Å². The van der Waals surface area contributed by atoms with Crippen LogP contribution in [0, 0.1) is 10.5 Å². The van der Waals surface area contributed by atoms with E-state index in [2.05, 4.69) is 32.9 Å². The number of amides is 1. The minimum atomic E-state index is -0.138. The third kappa shape index (κ3) is 4.33. The van der Waals surface area contributed by atoms with Crippen LogP contribution in [0.4, 0.5) is 5.69 Å². The van der Waals surface area contributed by atoms with Crippen LogP contribution in [0.2, 0.25) is 0 Å². The number of thiazole rings is 1. The number of halogens is 1. The van der Waals surface area contributed by atoms with Gasteiger partial charge >= 0.3 is 0 Å². The second-order valence-corrected chi connectivity index (χ2v) is 7.09. The summed E-state index contributed by atoms with van der Waals surface area (Å²) < 4.78 is 6.77. The Balaban J connectivity index is 1.61. The van der Waals surface area contributed by atoms with Crippen molar-refractivity contribution in [1.29, 1.82) is 0 Å². The van der Waals surface area contributed by atoms with Crippen LogP contribution in [0.25, 0.3) is 0 Å². The average Bonchev–Trinajstić information content (AvgIpc) is 3.10. The van der Waals surface area contributed by atoms with E-state index in [1.165, 1.54) is 16.9 Å².